The standard InChI is InChI=1S/C14H15FN2O2/c1-9-10(2)16-8-17(14(9)19)7-13(18)11-4-3-5-12(15)6-11/h3-6,8,13,18H,7H2,1-2H3/t13-/m0/s1. The second kappa shape index (κ2) is 5.32. The Bertz CT molecular complexity index is 652. The van der Waals surface area contributed by atoms with Crippen LogP contribution in [0.3, 0.4) is 0 Å². The summed E-state index contributed by atoms with van der Waals surface area (Å²) in [5, 5.41) is 10.0. The summed E-state index contributed by atoms with van der Waals surface area (Å²) in [5.41, 5.74) is 1.46. The monoisotopic (exact) mass is 262 g/mol. The van der Waals surface area contributed by atoms with Crippen molar-refractivity contribution in [1.29, 1.82) is 0 Å². The maximum absolute atomic E-state index is 13.1. The molecule has 0 aliphatic heterocycles. The zero-order valence-electron chi connectivity index (χ0n) is 10.8. The lowest BCUT2D eigenvalue weighted by Crippen LogP contribution is -2.26. The molecule has 4 nitrogen and oxygen atoms in total. The van der Waals surface area contributed by atoms with Crippen LogP contribution in [0.2, 0.25) is 0 Å². The molecule has 2 rings (SSSR count). The fourth-order valence-corrected chi connectivity index (χ4v) is 1.81. The Hall–Kier alpha value is -2.01. The van der Waals surface area contributed by atoms with Gasteiger partial charge in [-0.1, -0.05) is 12.1 Å². The van der Waals surface area contributed by atoms with Crippen molar-refractivity contribution < 1.29 is 9.50 Å². The van der Waals surface area contributed by atoms with E-state index in [1.165, 1.54) is 29.1 Å². The molecule has 1 N–H and O–H groups in total. The normalized spacial score (nSPS) is 12.4. The molecule has 0 aliphatic rings. The number of benzene rings is 1. The van der Waals surface area contributed by atoms with Crippen molar-refractivity contribution >= 4 is 0 Å². The van der Waals surface area contributed by atoms with Crippen molar-refractivity contribution in [2.24, 2.45) is 0 Å². The molecule has 0 spiro atoms. The molecule has 0 bridgehead atoms. The molecule has 0 saturated carbocycles. The molecule has 1 aromatic carbocycles. The van der Waals surface area contributed by atoms with E-state index in [1.807, 2.05) is 0 Å². The highest BCUT2D eigenvalue weighted by Crippen LogP contribution is 2.15. The van der Waals surface area contributed by atoms with E-state index in [0.29, 0.717) is 16.8 Å². The summed E-state index contributed by atoms with van der Waals surface area (Å²) < 4.78 is 14.4. The molecular weight excluding hydrogens is 247 g/mol. The van der Waals surface area contributed by atoms with Gasteiger partial charge in [0.2, 0.25) is 0 Å². The van der Waals surface area contributed by atoms with Gasteiger partial charge in [-0.2, -0.15) is 0 Å². The first-order chi connectivity index (χ1) is 8.99. The predicted molar refractivity (Wildman–Crippen MR) is 69.3 cm³/mol. The molecule has 0 radical (unpaired) electrons. The first-order valence-electron chi connectivity index (χ1n) is 5.95. The average Bonchev–Trinajstić information content (AvgIpc) is 2.39. The first-order valence-corrected chi connectivity index (χ1v) is 5.95. The maximum atomic E-state index is 13.1. The third-order valence-electron chi connectivity index (χ3n) is 3.12. The van der Waals surface area contributed by atoms with Crippen molar-refractivity contribution in [1.82, 2.24) is 9.55 Å². The van der Waals surface area contributed by atoms with E-state index in [0.717, 1.165) is 0 Å². The Morgan fingerprint density at radius 3 is 2.84 bits per heavy atom. The number of rotatable bonds is 3. The molecule has 0 aliphatic carbocycles. The summed E-state index contributed by atoms with van der Waals surface area (Å²) in [6.07, 6.45) is 0.449. The Labute approximate surface area is 110 Å². The summed E-state index contributed by atoms with van der Waals surface area (Å²) in [4.78, 5) is 16.0. The maximum Gasteiger partial charge on any atom is 0.256 e. The van der Waals surface area contributed by atoms with Gasteiger partial charge in [0.15, 0.2) is 0 Å². The second-order valence-electron chi connectivity index (χ2n) is 4.48. The minimum atomic E-state index is -0.947. The highest BCUT2D eigenvalue weighted by Gasteiger charge is 2.11. The Morgan fingerprint density at radius 2 is 2.16 bits per heavy atom. The Balaban J connectivity index is 2.27. The summed E-state index contributed by atoms with van der Waals surface area (Å²) in [5.74, 6) is -0.415. The molecule has 1 atom stereocenters. The molecule has 5 heteroatoms. The summed E-state index contributed by atoms with van der Waals surface area (Å²) in [7, 11) is 0. The minimum absolute atomic E-state index is 0.0520. The Morgan fingerprint density at radius 1 is 1.42 bits per heavy atom. The number of halogens is 1. The third-order valence-corrected chi connectivity index (χ3v) is 3.12. The van der Waals surface area contributed by atoms with E-state index in [2.05, 4.69) is 4.98 Å². The summed E-state index contributed by atoms with van der Waals surface area (Å²) in [6, 6.07) is 5.70. The number of hydrogen-bond donors (Lipinski definition) is 1. The van der Waals surface area contributed by atoms with Crippen molar-refractivity contribution in [3.05, 3.63) is 63.6 Å². The van der Waals surface area contributed by atoms with Gasteiger partial charge in [0.05, 0.1) is 19.0 Å². The van der Waals surface area contributed by atoms with E-state index < -0.39 is 11.9 Å². The number of nitrogens with zero attached hydrogens (tertiary/aromatic N) is 2. The van der Waals surface area contributed by atoms with Crippen LogP contribution in [0.4, 0.5) is 4.39 Å². The lowest BCUT2D eigenvalue weighted by atomic mass is 10.1. The van der Waals surface area contributed by atoms with E-state index in [-0.39, 0.29) is 12.1 Å². The first kappa shape index (κ1) is 13.4. The van der Waals surface area contributed by atoms with Gasteiger partial charge in [0.25, 0.3) is 5.56 Å². The van der Waals surface area contributed by atoms with Gasteiger partial charge in [0, 0.05) is 11.3 Å². The van der Waals surface area contributed by atoms with Gasteiger partial charge in [-0.3, -0.25) is 9.36 Å². The molecule has 0 unspecified atom stereocenters. The van der Waals surface area contributed by atoms with E-state index >= 15 is 0 Å². The highest BCUT2D eigenvalue weighted by atomic mass is 19.1. The quantitative estimate of drug-likeness (QED) is 0.916. The highest BCUT2D eigenvalue weighted by molar-refractivity contribution is 5.19. The fourth-order valence-electron chi connectivity index (χ4n) is 1.81. The van der Waals surface area contributed by atoms with Crippen molar-refractivity contribution in [2.45, 2.75) is 26.5 Å². The van der Waals surface area contributed by atoms with Gasteiger partial charge in [-0.25, -0.2) is 9.37 Å². The number of aliphatic hydroxyl groups is 1. The van der Waals surface area contributed by atoms with Crippen LogP contribution < -0.4 is 5.56 Å². The van der Waals surface area contributed by atoms with E-state index in [9.17, 15) is 14.3 Å². The van der Waals surface area contributed by atoms with E-state index in [1.54, 1.807) is 19.9 Å². The lowest BCUT2D eigenvalue weighted by Gasteiger charge is -2.13. The molecule has 100 valence electrons. The summed E-state index contributed by atoms with van der Waals surface area (Å²) >= 11 is 0. The molecule has 1 heterocycles. The zero-order valence-corrected chi connectivity index (χ0v) is 10.8. The molecule has 0 amide bonds. The minimum Gasteiger partial charge on any atom is -0.387 e. The SMILES string of the molecule is Cc1ncn(C[C@H](O)c2cccc(F)c2)c(=O)c1C. The van der Waals surface area contributed by atoms with Gasteiger partial charge >= 0.3 is 0 Å². The van der Waals surface area contributed by atoms with Gasteiger partial charge in [0.1, 0.15) is 5.82 Å². The largest absolute Gasteiger partial charge is 0.387 e. The molecule has 2 aromatic rings. The predicted octanol–water partition coefficient (Wildman–Crippen LogP) is 1.73. The summed E-state index contributed by atoms with van der Waals surface area (Å²) in [6.45, 7) is 3.50. The lowest BCUT2D eigenvalue weighted by molar-refractivity contribution is 0.154. The third kappa shape index (κ3) is 2.88. The number of hydrogen-bond acceptors (Lipinski definition) is 3. The molecule has 1 aromatic heterocycles. The van der Waals surface area contributed by atoms with E-state index in [4.69, 9.17) is 0 Å². The number of aliphatic hydroxyl groups excluding tert-OH is 1. The topological polar surface area (TPSA) is 55.1 Å². The van der Waals surface area contributed by atoms with Crippen LogP contribution >= 0.6 is 0 Å². The van der Waals surface area contributed by atoms with Crippen molar-refractivity contribution in [2.75, 3.05) is 0 Å². The molecule has 19 heavy (non-hydrogen) atoms. The second-order valence-corrected chi connectivity index (χ2v) is 4.48. The van der Waals surface area contributed by atoms with Crippen LogP contribution in [0.1, 0.15) is 22.9 Å². The van der Waals surface area contributed by atoms with Crippen LogP contribution in [0.25, 0.3) is 0 Å². The zero-order chi connectivity index (χ0) is 14.0. The molecule has 0 fully saturated rings. The fraction of sp³-hybridized carbons (Fsp3) is 0.286. The van der Waals surface area contributed by atoms with Crippen LogP contribution in [0.5, 0.6) is 0 Å². The van der Waals surface area contributed by atoms with Crippen LogP contribution in [-0.4, -0.2) is 14.7 Å². The van der Waals surface area contributed by atoms with Gasteiger partial charge in [-0.15, -0.1) is 0 Å². The van der Waals surface area contributed by atoms with Crippen LogP contribution in [-0.2, 0) is 6.54 Å². The van der Waals surface area contributed by atoms with Gasteiger partial charge in [-0.05, 0) is 31.5 Å². The Kier molecular flexibility index (Phi) is 3.76. The van der Waals surface area contributed by atoms with Gasteiger partial charge < -0.3 is 5.11 Å². The van der Waals surface area contributed by atoms with Crippen LogP contribution in [0.15, 0.2) is 35.4 Å². The van der Waals surface area contributed by atoms with Crippen molar-refractivity contribution in [3.63, 3.8) is 0 Å². The molecular formula is C14H15FN2O2. The van der Waals surface area contributed by atoms with Crippen molar-refractivity contribution in [3.8, 4) is 0 Å². The average molecular weight is 262 g/mol. The molecule has 0 saturated heterocycles. The van der Waals surface area contributed by atoms with Crippen LogP contribution in [0, 0.1) is 19.7 Å². The number of aryl methyl sites for hydroxylation is 1. The smallest absolute Gasteiger partial charge is 0.256 e. The number of aromatic nitrogens is 2.